The van der Waals surface area contributed by atoms with Crippen LogP contribution in [-0.2, 0) is 25.7 Å². The molecule has 1 rings (SSSR count). The van der Waals surface area contributed by atoms with E-state index in [9.17, 15) is 19.2 Å². The van der Waals surface area contributed by atoms with Crippen molar-refractivity contribution in [2.45, 2.75) is 45.4 Å². The Kier molecular flexibility index (Phi) is 9.35. The van der Waals surface area contributed by atoms with E-state index in [2.05, 4.69) is 16.0 Å². The number of carboxylic acids is 1. The Morgan fingerprint density at radius 3 is 2.33 bits per heavy atom. The molecule has 9 nitrogen and oxygen atoms in total. The fraction of sp³-hybridized carbons (Fsp3) is 0.444. The molecule has 4 N–H and O–H groups in total. The SMILES string of the molecule is CCCNC(=O)[C@@H](C)NC(=O)[C@H](CC(=O)O)NC(=O)OCc1ccccc1. The molecule has 3 amide bonds. The van der Waals surface area contributed by atoms with Crippen molar-refractivity contribution < 1.29 is 29.0 Å². The molecule has 27 heavy (non-hydrogen) atoms. The normalized spacial score (nSPS) is 12.4. The maximum atomic E-state index is 12.3. The summed E-state index contributed by atoms with van der Waals surface area (Å²) < 4.78 is 4.99. The van der Waals surface area contributed by atoms with Crippen LogP contribution in [0.3, 0.4) is 0 Å². The van der Waals surface area contributed by atoms with E-state index in [1.165, 1.54) is 6.92 Å². The first kappa shape index (κ1) is 21.9. The first-order valence-corrected chi connectivity index (χ1v) is 8.60. The van der Waals surface area contributed by atoms with Crippen LogP contribution in [0.15, 0.2) is 30.3 Å². The van der Waals surface area contributed by atoms with Crippen molar-refractivity contribution in [1.29, 1.82) is 0 Å². The predicted molar refractivity (Wildman–Crippen MR) is 96.7 cm³/mol. The van der Waals surface area contributed by atoms with Crippen molar-refractivity contribution in [1.82, 2.24) is 16.0 Å². The average molecular weight is 379 g/mol. The quantitative estimate of drug-likeness (QED) is 0.475. The van der Waals surface area contributed by atoms with E-state index in [4.69, 9.17) is 9.84 Å². The van der Waals surface area contributed by atoms with E-state index in [0.29, 0.717) is 6.54 Å². The lowest BCUT2D eigenvalue weighted by Gasteiger charge is -2.20. The highest BCUT2D eigenvalue weighted by atomic mass is 16.5. The Morgan fingerprint density at radius 2 is 1.74 bits per heavy atom. The number of nitrogens with one attached hydrogen (secondary N) is 3. The summed E-state index contributed by atoms with van der Waals surface area (Å²) in [5.41, 5.74) is 0.744. The third kappa shape index (κ3) is 8.70. The Labute approximate surface area is 157 Å². The highest BCUT2D eigenvalue weighted by Gasteiger charge is 2.27. The van der Waals surface area contributed by atoms with Gasteiger partial charge in [-0.25, -0.2) is 4.79 Å². The van der Waals surface area contributed by atoms with Crippen molar-refractivity contribution in [2.24, 2.45) is 0 Å². The highest BCUT2D eigenvalue weighted by Crippen LogP contribution is 2.02. The van der Waals surface area contributed by atoms with Gasteiger partial charge in [-0.15, -0.1) is 0 Å². The van der Waals surface area contributed by atoms with Crippen LogP contribution in [0.4, 0.5) is 4.79 Å². The van der Waals surface area contributed by atoms with Gasteiger partial charge in [0.2, 0.25) is 11.8 Å². The van der Waals surface area contributed by atoms with Gasteiger partial charge < -0.3 is 25.8 Å². The van der Waals surface area contributed by atoms with Gasteiger partial charge in [0.1, 0.15) is 18.7 Å². The number of aliphatic carboxylic acids is 1. The molecule has 0 unspecified atom stereocenters. The van der Waals surface area contributed by atoms with Gasteiger partial charge in [0, 0.05) is 6.54 Å². The van der Waals surface area contributed by atoms with Crippen LogP contribution in [0.25, 0.3) is 0 Å². The van der Waals surface area contributed by atoms with Gasteiger partial charge >= 0.3 is 12.1 Å². The molecule has 0 bridgehead atoms. The van der Waals surface area contributed by atoms with Crippen molar-refractivity contribution in [2.75, 3.05) is 6.54 Å². The number of hydrogen-bond donors (Lipinski definition) is 4. The molecule has 0 aliphatic carbocycles. The molecule has 0 saturated heterocycles. The minimum absolute atomic E-state index is 0.0239. The molecule has 148 valence electrons. The van der Waals surface area contributed by atoms with Crippen LogP contribution < -0.4 is 16.0 Å². The smallest absolute Gasteiger partial charge is 0.408 e. The minimum atomic E-state index is -1.37. The van der Waals surface area contributed by atoms with Crippen LogP contribution in [0, 0.1) is 0 Å². The van der Waals surface area contributed by atoms with Crippen LogP contribution in [0.1, 0.15) is 32.3 Å². The average Bonchev–Trinajstić information content (AvgIpc) is 2.64. The van der Waals surface area contributed by atoms with E-state index in [1.807, 2.05) is 13.0 Å². The second kappa shape index (κ2) is 11.5. The molecule has 0 aliphatic heterocycles. The molecule has 1 aromatic carbocycles. The van der Waals surface area contributed by atoms with E-state index in [1.54, 1.807) is 24.3 Å². The lowest BCUT2D eigenvalue weighted by atomic mass is 10.1. The molecule has 0 saturated carbocycles. The summed E-state index contributed by atoms with van der Waals surface area (Å²) >= 11 is 0. The van der Waals surface area contributed by atoms with E-state index in [-0.39, 0.29) is 6.61 Å². The first-order chi connectivity index (χ1) is 12.8. The van der Waals surface area contributed by atoms with Crippen LogP contribution in [0.2, 0.25) is 0 Å². The van der Waals surface area contributed by atoms with Crippen molar-refractivity contribution in [3.05, 3.63) is 35.9 Å². The van der Waals surface area contributed by atoms with Gasteiger partial charge in [0.25, 0.3) is 0 Å². The molecule has 1 aromatic rings. The monoisotopic (exact) mass is 379 g/mol. The standard InChI is InChI=1S/C18H25N3O6/c1-3-9-19-16(24)12(2)20-17(25)14(10-15(22)23)21-18(26)27-11-13-7-5-4-6-8-13/h4-8,12,14H,3,9-11H2,1-2H3,(H,19,24)(H,20,25)(H,21,26)(H,22,23)/t12-,14+/m1/s1. The van der Waals surface area contributed by atoms with Gasteiger partial charge in [-0.05, 0) is 18.9 Å². The topological polar surface area (TPSA) is 134 Å². The van der Waals surface area contributed by atoms with Crippen molar-refractivity contribution in [3.63, 3.8) is 0 Å². The summed E-state index contributed by atoms with van der Waals surface area (Å²) in [6.07, 6.45) is -0.832. The first-order valence-electron chi connectivity index (χ1n) is 8.60. The number of carbonyl (C=O) groups excluding carboxylic acids is 3. The third-order valence-electron chi connectivity index (χ3n) is 3.50. The van der Waals surface area contributed by atoms with E-state index in [0.717, 1.165) is 12.0 Å². The lowest BCUT2D eigenvalue weighted by molar-refractivity contribution is -0.140. The fourth-order valence-electron chi connectivity index (χ4n) is 2.07. The Balaban J connectivity index is 2.59. The summed E-state index contributed by atoms with van der Waals surface area (Å²) in [5.74, 6) is -2.46. The lowest BCUT2D eigenvalue weighted by Crippen LogP contribution is -2.53. The van der Waals surface area contributed by atoms with Crippen LogP contribution in [0.5, 0.6) is 0 Å². The molecular weight excluding hydrogens is 354 g/mol. The zero-order valence-electron chi connectivity index (χ0n) is 15.4. The van der Waals surface area contributed by atoms with Gasteiger partial charge in [-0.1, -0.05) is 37.3 Å². The molecule has 0 radical (unpaired) electrons. The number of benzene rings is 1. The molecule has 0 spiro atoms. The van der Waals surface area contributed by atoms with Gasteiger partial charge in [0.05, 0.1) is 6.42 Å². The summed E-state index contributed by atoms with van der Waals surface area (Å²) in [5, 5.41) is 16.2. The Hall–Kier alpha value is -3.10. The summed E-state index contributed by atoms with van der Waals surface area (Å²) in [4.78, 5) is 46.9. The minimum Gasteiger partial charge on any atom is -0.481 e. The van der Waals surface area contributed by atoms with Crippen molar-refractivity contribution in [3.8, 4) is 0 Å². The molecule has 9 heteroatoms. The fourth-order valence-corrected chi connectivity index (χ4v) is 2.07. The summed E-state index contributed by atoms with van der Waals surface area (Å²) in [6.45, 7) is 3.79. The molecule has 0 heterocycles. The second-order valence-corrected chi connectivity index (χ2v) is 5.88. The number of carbonyl (C=O) groups is 4. The highest BCUT2D eigenvalue weighted by molar-refractivity contribution is 5.93. The molecule has 0 fully saturated rings. The van der Waals surface area contributed by atoms with Crippen LogP contribution >= 0.6 is 0 Å². The molecule has 2 atom stereocenters. The maximum Gasteiger partial charge on any atom is 0.408 e. The Morgan fingerprint density at radius 1 is 1.07 bits per heavy atom. The van der Waals surface area contributed by atoms with Crippen molar-refractivity contribution >= 4 is 23.9 Å². The number of rotatable bonds is 10. The van der Waals surface area contributed by atoms with Gasteiger partial charge in [0.15, 0.2) is 0 Å². The largest absolute Gasteiger partial charge is 0.481 e. The molecule has 0 aliphatic rings. The number of hydrogen-bond acceptors (Lipinski definition) is 5. The number of ether oxygens (including phenoxy) is 1. The third-order valence-corrected chi connectivity index (χ3v) is 3.50. The number of amides is 3. The number of carboxylic acid groups (broad SMARTS) is 1. The molecule has 0 aromatic heterocycles. The van der Waals surface area contributed by atoms with Gasteiger partial charge in [-0.2, -0.15) is 0 Å². The predicted octanol–water partition coefficient (Wildman–Crippen LogP) is 0.787. The summed E-state index contributed by atoms with van der Waals surface area (Å²) in [6, 6.07) is 6.64. The zero-order chi connectivity index (χ0) is 20.2. The summed E-state index contributed by atoms with van der Waals surface area (Å²) in [7, 11) is 0. The maximum absolute atomic E-state index is 12.3. The zero-order valence-corrected chi connectivity index (χ0v) is 15.4. The second-order valence-electron chi connectivity index (χ2n) is 5.88. The van der Waals surface area contributed by atoms with Gasteiger partial charge in [-0.3, -0.25) is 14.4 Å². The molecular formula is C18H25N3O6. The van der Waals surface area contributed by atoms with E-state index < -0.39 is 42.4 Å². The van der Waals surface area contributed by atoms with Crippen LogP contribution in [-0.4, -0.2) is 47.6 Å². The Bertz CT molecular complexity index is 650. The van der Waals surface area contributed by atoms with E-state index >= 15 is 0 Å². The number of alkyl carbamates (subject to hydrolysis) is 1.